The van der Waals surface area contributed by atoms with Crippen LogP contribution in [0, 0.1) is 0 Å². The summed E-state index contributed by atoms with van der Waals surface area (Å²) in [7, 11) is 0. The van der Waals surface area contributed by atoms with Crippen LogP contribution in [0.2, 0.25) is 0 Å². The summed E-state index contributed by atoms with van der Waals surface area (Å²) >= 11 is 0. The van der Waals surface area contributed by atoms with Crippen LogP contribution in [0.4, 0.5) is 0 Å². The number of aliphatic hydroxyl groups is 2. The molecule has 2 atom stereocenters. The number of ether oxygens (including phenoxy) is 1. The number of aliphatic hydroxyl groups excluding tert-OH is 2. The van der Waals surface area contributed by atoms with Gasteiger partial charge >= 0.3 is 5.97 Å². The molecule has 68 heavy (non-hydrogen) atoms. The van der Waals surface area contributed by atoms with E-state index in [0.29, 0.717) is 25.9 Å². The Kier molecular flexibility index (Phi) is 57.0. The zero-order valence-electron chi connectivity index (χ0n) is 46.1. The Hall–Kier alpha value is -1.40. The maximum atomic E-state index is 12.5. The van der Waals surface area contributed by atoms with Crippen LogP contribution in [0.1, 0.15) is 348 Å². The third-order valence-electron chi connectivity index (χ3n) is 14.6. The van der Waals surface area contributed by atoms with Gasteiger partial charge in [0.1, 0.15) is 0 Å². The predicted molar refractivity (Wildman–Crippen MR) is 297 cm³/mol. The van der Waals surface area contributed by atoms with Gasteiger partial charge < -0.3 is 20.3 Å². The van der Waals surface area contributed by atoms with Gasteiger partial charge in [-0.2, -0.15) is 0 Å². The molecule has 0 aromatic carbocycles. The molecule has 0 rings (SSSR count). The van der Waals surface area contributed by atoms with Crippen LogP contribution in [-0.4, -0.2) is 47.4 Å². The molecule has 6 heteroatoms. The minimum Gasteiger partial charge on any atom is -0.466 e. The lowest BCUT2D eigenvalue weighted by atomic mass is 10.0. The first kappa shape index (κ1) is 66.6. The highest BCUT2D eigenvalue weighted by Crippen LogP contribution is 2.18. The van der Waals surface area contributed by atoms with Crippen LogP contribution in [0.5, 0.6) is 0 Å². The summed E-state index contributed by atoms with van der Waals surface area (Å²) in [6, 6.07) is -0.543. The van der Waals surface area contributed by atoms with Crippen LogP contribution in [-0.2, 0) is 14.3 Å². The number of rotatable bonds is 58. The topological polar surface area (TPSA) is 95.9 Å². The molecule has 3 N–H and O–H groups in total. The predicted octanol–water partition coefficient (Wildman–Crippen LogP) is 19.2. The summed E-state index contributed by atoms with van der Waals surface area (Å²) < 4.78 is 5.46. The number of hydrogen-bond donors (Lipinski definition) is 3. The molecule has 2 unspecified atom stereocenters. The van der Waals surface area contributed by atoms with E-state index in [4.69, 9.17) is 4.74 Å². The van der Waals surface area contributed by atoms with Crippen LogP contribution in [0.25, 0.3) is 0 Å². The van der Waals surface area contributed by atoms with Gasteiger partial charge in [0.2, 0.25) is 5.91 Å². The lowest BCUT2D eigenvalue weighted by Crippen LogP contribution is -2.45. The van der Waals surface area contributed by atoms with Crippen molar-refractivity contribution < 1.29 is 24.5 Å². The Morgan fingerprint density at radius 2 is 0.691 bits per heavy atom. The van der Waals surface area contributed by atoms with Crippen molar-refractivity contribution in [2.24, 2.45) is 0 Å². The van der Waals surface area contributed by atoms with Gasteiger partial charge in [0.25, 0.3) is 0 Å². The third-order valence-corrected chi connectivity index (χ3v) is 14.6. The van der Waals surface area contributed by atoms with Gasteiger partial charge in [0.15, 0.2) is 0 Å². The standard InChI is InChI=1S/C62H121NO5/c1-3-5-7-9-11-13-15-17-18-19-22-25-28-31-34-38-42-46-50-54-60(65)59(58-64)63-61(66)55-51-47-43-39-35-32-29-26-23-20-21-24-27-30-33-37-41-45-49-53-57-68-62(67)56-52-48-44-40-36-16-14-12-10-8-6-4-2/h12,14,59-60,64-65H,3-11,13,15-58H2,1-2H3,(H,63,66)/b14-12-. The molecular weight excluding hydrogens is 839 g/mol. The fraction of sp³-hybridized carbons (Fsp3) is 0.935. The fourth-order valence-corrected chi connectivity index (χ4v) is 9.81. The number of nitrogens with one attached hydrogen (secondary N) is 1. The maximum Gasteiger partial charge on any atom is 0.305 e. The van der Waals surface area contributed by atoms with E-state index in [0.717, 1.165) is 44.9 Å². The first-order chi connectivity index (χ1) is 33.5. The Morgan fingerprint density at radius 3 is 1.07 bits per heavy atom. The van der Waals surface area contributed by atoms with E-state index >= 15 is 0 Å². The molecule has 0 aromatic heterocycles. The van der Waals surface area contributed by atoms with Gasteiger partial charge in [-0.1, -0.05) is 296 Å². The number of carbonyl (C=O) groups excluding carboxylic acids is 2. The number of carbonyl (C=O) groups is 2. The zero-order chi connectivity index (χ0) is 49.3. The van der Waals surface area contributed by atoms with Gasteiger partial charge in [-0.3, -0.25) is 9.59 Å². The molecule has 0 aliphatic heterocycles. The second-order valence-corrected chi connectivity index (χ2v) is 21.4. The van der Waals surface area contributed by atoms with Gasteiger partial charge in [0.05, 0.1) is 25.4 Å². The van der Waals surface area contributed by atoms with E-state index in [1.807, 2.05) is 0 Å². The van der Waals surface area contributed by atoms with Crippen molar-refractivity contribution in [1.82, 2.24) is 5.32 Å². The van der Waals surface area contributed by atoms with Gasteiger partial charge in [0, 0.05) is 12.8 Å². The van der Waals surface area contributed by atoms with Crippen molar-refractivity contribution >= 4 is 11.9 Å². The van der Waals surface area contributed by atoms with E-state index in [1.54, 1.807) is 0 Å². The van der Waals surface area contributed by atoms with Crippen molar-refractivity contribution in [3.63, 3.8) is 0 Å². The molecule has 0 spiro atoms. The first-order valence-corrected chi connectivity index (χ1v) is 30.9. The molecule has 0 saturated carbocycles. The minimum atomic E-state index is -0.665. The Balaban J connectivity index is 3.40. The summed E-state index contributed by atoms with van der Waals surface area (Å²) in [5, 5.41) is 23.4. The smallest absolute Gasteiger partial charge is 0.305 e. The lowest BCUT2D eigenvalue weighted by Gasteiger charge is -2.22. The average molecular weight is 961 g/mol. The SMILES string of the molecule is CCCCC/C=C\CCCCCCCC(=O)OCCCCCCCCCCCCCCCCCCCCCCC(=O)NC(CO)C(O)CCCCCCCCCCCCCCCCCCCCC. The Bertz CT molecular complexity index is 1020. The normalized spacial score (nSPS) is 12.6. The Labute approximate surface area is 425 Å². The van der Waals surface area contributed by atoms with Crippen molar-refractivity contribution in [2.45, 2.75) is 360 Å². The second kappa shape index (κ2) is 58.2. The molecule has 0 saturated heterocycles. The Morgan fingerprint density at radius 1 is 0.397 bits per heavy atom. The summed E-state index contributed by atoms with van der Waals surface area (Å²) in [5.41, 5.74) is 0. The number of esters is 1. The van der Waals surface area contributed by atoms with E-state index in [2.05, 4.69) is 31.3 Å². The molecule has 1 amide bonds. The third kappa shape index (κ3) is 53.9. The van der Waals surface area contributed by atoms with Crippen LogP contribution in [0.3, 0.4) is 0 Å². The molecule has 0 aromatic rings. The summed E-state index contributed by atoms with van der Waals surface area (Å²) in [5.74, 6) is -0.0321. The molecule has 0 fully saturated rings. The van der Waals surface area contributed by atoms with Crippen LogP contribution in [0.15, 0.2) is 12.2 Å². The van der Waals surface area contributed by atoms with Crippen LogP contribution >= 0.6 is 0 Å². The molecular formula is C62H121NO5. The van der Waals surface area contributed by atoms with Crippen molar-refractivity contribution in [3.8, 4) is 0 Å². The van der Waals surface area contributed by atoms with Gasteiger partial charge in [-0.05, 0) is 51.4 Å². The van der Waals surface area contributed by atoms with E-state index < -0.39 is 12.1 Å². The first-order valence-electron chi connectivity index (χ1n) is 30.9. The highest BCUT2D eigenvalue weighted by molar-refractivity contribution is 5.76. The van der Waals surface area contributed by atoms with Crippen molar-refractivity contribution in [3.05, 3.63) is 12.2 Å². The summed E-state index contributed by atoms with van der Waals surface area (Å²) in [6.07, 6.45) is 69.3. The summed E-state index contributed by atoms with van der Waals surface area (Å²) in [6.45, 7) is 4.95. The number of amides is 1. The molecule has 0 heterocycles. The fourth-order valence-electron chi connectivity index (χ4n) is 9.81. The average Bonchev–Trinajstić information content (AvgIpc) is 3.34. The minimum absolute atomic E-state index is 0.00131. The van der Waals surface area contributed by atoms with Crippen molar-refractivity contribution in [2.75, 3.05) is 13.2 Å². The van der Waals surface area contributed by atoms with E-state index in [9.17, 15) is 19.8 Å². The van der Waals surface area contributed by atoms with Gasteiger partial charge in [-0.15, -0.1) is 0 Å². The number of hydrogen-bond acceptors (Lipinski definition) is 5. The van der Waals surface area contributed by atoms with E-state index in [1.165, 1.54) is 270 Å². The lowest BCUT2D eigenvalue weighted by molar-refractivity contribution is -0.143. The van der Waals surface area contributed by atoms with E-state index in [-0.39, 0.29) is 18.5 Å². The zero-order valence-corrected chi connectivity index (χ0v) is 46.1. The van der Waals surface area contributed by atoms with Crippen LogP contribution < -0.4 is 5.32 Å². The largest absolute Gasteiger partial charge is 0.466 e. The molecule has 0 aliphatic rings. The van der Waals surface area contributed by atoms with Gasteiger partial charge in [-0.25, -0.2) is 0 Å². The van der Waals surface area contributed by atoms with Crippen molar-refractivity contribution in [1.29, 1.82) is 0 Å². The molecule has 0 aliphatic carbocycles. The molecule has 0 radical (unpaired) electrons. The molecule has 6 nitrogen and oxygen atoms in total. The highest BCUT2D eigenvalue weighted by atomic mass is 16.5. The maximum absolute atomic E-state index is 12.5. The second-order valence-electron chi connectivity index (χ2n) is 21.4. The molecule has 0 bridgehead atoms. The molecule has 404 valence electrons. The number of allylic oxidation sites excluding steroid dienone is 2. The monoisotopic (exact) mass is 960 g/mol. The summed E-state index contributed by atoms with van der Waals surface area (Å²) in [4.78, 5) is 24.5. The number of unbranched alkanes of at least 4 members (excludes halogenated alkanes) is 45. The quantitative estimate of drug-likeness (QED) is 0.0321. The highest BCUT2D eigenvalue weighted by Gasteiger charge is 2.20.